The summed E-state index contributed by atoms with van der Waals surface area (Å²) in [7, 11) is 2.84. The molecule has 0 saturated carbocycles. The summed E-state index contributed by atoms with van der Waals surface area (Å²) in [5, 5.41) is 0. The maximum Gasteiger partial charge on any atom is 0.417 e. The molecule has 8 nitrogen and oxygen atoms in total. The van der Waals surface area contributed by atoms with Gasteiger partial charge in [0.2, 0.25) is 0 Å². The van der Waals surface area contributed by atoms with Crippen molar-refractivity contribution >= 4 is 18.0 Å². The fourth-order valence-electron chi connectivity index (χ4n) is 3.48. The van der Waals surface area contributed by atoms with Crippen LogP contribution in [0.15, 0.2) is 48.3 Å². The highest BCUT2D eigenvalue weighted by molar-refractivity contribution is 6.02. The molecule has 1 saturated heterocycles. The molecule has 3 rings (SSSR count). The standard InChI is InChI=1S/C22H26N2O6/c1-22(2,3)30-20(26)18-16-10-11-23(21(27)29-5)13-17(16)19(25)24(18)12-14-6-8-15(28-4)9-7-14/h6-11,13,16,18H,12H2,1-5H3/t16-,18+/m0/s1. The van der Waals surface area contributed by atoms with Gasteiger partial charge in [0.05, 0.1) is 14.2 Å². The zero-order valence-corrected chi connectivity index (χ0v) is 17.7. The van der Waals surface area contributed by atoms with Gasteiger partial charge in [-0.15, -0.1) is 0 Å². The fraction of sp³-hybridized carbons (Fsp3) is 0.409. The van der Waals surface area contributed by atoms with E-state index in [0.717, 1.165) is 5.56 Å². The molecule has 0 aromatic heterocycles. The Bertz CT molecular complexity index is 897. The molecule has 2 heterocycles. The van der Waals surface area contributed by atoms with Crippen molar-refractivity contribution in [2.45, 2.75) is 39.0 Å². The number of rotatable bonds is 4. The maximum atomic E-state index is 13.2. The maximum absolute atomic E-state index is 13.2. The van der Waals surface area contributed by atoms with Crippen molar-refractivity contribution in [3.05, 3.63) is 53.9 Å². The van der Waals surface area contributed by atoms with Gasteiger partial charge in [0.15, 0.2) is 0 Å². The van der Waals surface area contributed by atoms with E-state index in [-0.39, 0.29) is 12.5 Å². The van der Waals surface area contributed by atoms with Crippen LogP contribution in [0.4, 0.5) is 4.79 Å². The molecule has 0 bridgehead atoms. The number of carbonyl (C=O) groups is 3. The van der Waals surface area contributed by atoms with E-state index in [1.54, 1.807) is 46.1 Å². The van der Waals surface area contributed by atoms with E-state index in [1.165, 1.54) is 29.3 Å². The van der Waals surface area contributed by atoms with Crippen LogP contribution in [0.5, 0.6) is 5.75 Å². The first-order valence-electron chi connectivity index (χ1n) is 9.57. The van der Waals surface area contributed by atoms with Crippen LogP contribution in [0.25, 0.3) is 0 Å². The predicted octanol–water partition coefficient (Wildman–Crippen LogP) is 2.84. The van der Waals surface area contributed by atoms with Gasteiger partial charge in [-0.05, 0) is 38.5 Å². The summed E-state index contributed by atoms with van der Waals surface area (Å²) in [6, 6.07) is 6.44. The monoisotopic (exact) mass is 414 g/mol. The minimum absolute atomic E-state index is 0.215. The van der Waals surface area contributed by atoms with Gasteiger partial charge in [-0.25, -0.2) is 9.59 Å². The van der Waals surface area contributed by atoms with Crippen molar-refractivity contribution in [2.75, 3.05) is 14.2 Å². The molecule has 0 aliphatic carbocycles. The van der Waals surface area contributed by atoms with Gasteiger partial charge in [-0.2, -0.15) is 0 Å². The van der Waals surface area contributed by atoms with Crippen molar-refractivity contribution in [1.29, 1.82) is 0 Å². The first-order valence-corrected chi connectivity index (χ1v) is 9.57. The number of nitrogens with zero attached hydrogens (tertiary/aromatic N) is 2. The summed E-state index contributed by atoms with van der Waals surface area (Å²) >= 11 is 0. The van der Waals surface area contributed by atoms with E-state index in [4.69, 9.17) is 14.2 Å². The molecule has 30 heavy (non-hydrogen) atoms. The second kappa shape index (κ2) is 8.22. The third kappa shape index (κ3) is 4.32. The van der Waals surface area contributed by atoms with Crippen LogP contribution in [0.1, 0.15) is 26.3 Å². The highest BCUT2D eigenvalue weighted by Crippen LogP contribution is 2.37. The van der Waals surface area contributed by atoms with Crippen LogP contribution in [0.2, 0.25) is 0 Å². The largest absolute Gasteiger partial charge is 0.497 e. The smallest absolute Gasteiger partial charge is 0.417 e. The molecule has 2 aliphatic heterocycles. The Morgan fingerprint density at radius 3 is 2.33 bits per heavy atom. The highest BCUT2D eigenvalue weighted by Gasteiger charge is 2.49. The number of amides is 2. The van der Waals surface area contributed by atoms with Crippen molar-refractivity contribution in [1.82, 2.24) is 9.80 Å². The highest BCUT2D eigenvalue weighted by atomic mass is 16.6. The molecular weight excluding hydrogens is 388 g/mol. The third-order valence-corrected chi connectivity index (χ3v) is 4.82. The molecule has 160 valence electrons. The minimum Gasteiger partial charge on any atom is -0.497 e. The lowest BCUT2D eigenvalue weighted by molar-refractivity contribution is -0.163. The van der Waals surface area contributed by atoms with Gasteiger partial charge in [0.25, 0.3) is 5.91 Å². The molecule has 0 spiro atoms. The van der Waals surface area contributed by atoms with Gasteiger partial charge in [0.1, 0.15) is 17.4 Å². The Kier molecular flexibility index (Phi) is 5.87. The number of hydrogen-bond donors (Lipinski definition) is 0. The number of carbonyl (C=O) groups excluding carboxylic acids is 3. The number of likely N-dealkylation sites (tertiary alicyclic amines) is 1. The number of ether oxygens (including phenoxy) is 3. The Morgan fingerprint density at radius 1 is 1.10 bits per heavy atom. The summed E-state index contributed by atoms with van der Waals surface area (Å²) in [4.78, 5) is 40.8. The SMILES string of the molecule is COC(=O)N1C=C[C@H]2C(=C1)C(=O)N(Cc1ccc(OC)cc1)[C@H]2C(=O)OC(C)(C)C. The number of methoxy groups -OCH3 is 2. The number of benzene rings is 1. The molecule has 1 aromatic carbocycles. The first-order chi connectivity index (χ1) is 14.1. The molecule has 2 atom stereocenters. The van der Waals surface area contributed by atoms with Gasteiger partial charge >= 0.3 is 12.1 Å². The molecule has 0 unspecified atom stereocenters. The van der Waals surface area contributed by atoms with E-state index in [1.807, 2.05) is 12.1 Å². The lowest BCUT2D eigenvalue weighted by Gasteiger charge is -2.29. The normalized spacial score (nSPS) is 20.6. The fourth-order valence-corrected chi connectivity index (χ4v) is 3.48. The van der Waals surface area contributed by atoms with E-state index in [0.29, 0.717) is 11.3 Å². The van der Waals surface area contributed by atoms with Gasteiger partial charge in [0, 0.05) is 30.4 Å². The summed E-state index contributed by atoms with van der Waals surface area (Å²) < 4.78 is 15.5. The molecule has 1 fully saturated rings. The van der Waals surface area contributed by atoms with Crippen LogP contribution < -0.4 is 4.74 Å². The summed E-state index contributed by atoms with van der Waals surface area (Å²) in [5.41, 5.74) is 0.479. The quantitative estimate of drug-likeness (QED) is 0.705. The second-order valence-electron chi connectivity index (χ2n) is 8.09. The third-order valence-electron chi connectivity index (χ3n) is 4.82. The summed E-state index contributed by atoms with van der Waals surface area (Å²) in [5.74, 6) is -0.645. The molecule has 2 aliphatic rings. The number of fused-ring (bicyclic) bond motifs is 1. The van der Waals surface area contributed by atoms with Crippen molar-refractivity contribution < 1.29 is 28.6 Å². The lowest BCUT2D eigenvalue weighted by Crippen LogP contribution is -2.44. The van der Waals surface area contributed by atoms with Crippen LogP contribution in [-0.4, -0.2) is 53.6 Å². The minimum atomic E-state index is -0.832. The number of hydrogen-bond acceptors (Lipinski definition) is 6. The Morgan fingerprint density at radius 2 is 1.77 bits per heavy atom. The molecule has 1 aromatic rings. The number of esters is 1. The van der Waals surface area contributed by atoms with Crippen molar-refractivity contribution in [3.63, 3.8) is 0 Å². The summed E-state index contributed by atoms with van der Waals surface area (Å²) in [6.07, 6.45) is 3.96. The zero-order chi connectivity index (χ0) is 22.1. The Balaban J connectivity index is 1.94. The molecule has 0 N–H and O–H groups in total. The van der Waals surface area contributed by atoms with Crippen LogP contribution in [0, 0.1) is 5.92 Å². The Labute approximate surface area is 175 Å². The van der Waals surface area contributed by atoms with E-state index in [9.17, 15) is 14.4 Å². The van der Waals surface area contributed by atoms with E-state index in [2.05, 4.69) is 0 Å². The van der Waals surface area contributed by atoms with E-state index >= 15 is 0 Å². The predicted molar refractivity (Wildman–Crippen MR) is 108 cm³/mol. The van der Waals surface area contributed by atoms with Crippen molar-refractivity contribution in [2.24, 2.45) is 5.92 Å². The van der Waals surface area contributed by atoms with E-state index < -0.39 is 29.6 Å². The second-order valence-corrected chi connectivity index (χ2v) is 8.09. The van der Waals surface area contributed by atoms with Gasteiger partial charge in [-0.3, -0.25) is 9.69 Å². The molecule has 0 radical (unpaired) electrons. The average Bonchev–Trinajstić information content (AvgIpc) is 2.98. The van der Waals surface area contributed by atoms with Crippen LogP contribution in [-0.2, 0) is 25.6 Å². The summed E-state index contributed by atoms with van der Waals surface area (Å²) in [6.45, 7) is 5.55. The van der Waals surface area contributed by atoms with Gasteiger partial charge in [-0.1, -0.05) is 18.2 Å². The van der Waals surface area contributed by atoms with Gasteiger partial charge < -0.3 is 19.1 Å². The zero-order valence-electron chi connectivity index (χ0n) is 17.7. The van der Waals surface area contributed by atoms with Crippen LogP contribution >= 0.6 is 0 Å². The first kappa shape index (κ1) is 21.4. The average molecular weight is 414 g/mol. The molecule has 2 amide bonds. The van der Waals surface area contributed by atoms with Crippen LogP contribution in [0.3, 0.4) is 0 Å². The Hall–Kier alpha value is -3.29. The van der Waals surface area contributed by atoms with Crippen molar-refractivity contribution in [3.8, 4) is 5.75 Å². The molecule has 8 heteroatoms. The molecular formula is C22H26N2O6. The lowest BCUT2D eigenvalue weighted by atomic mass is 9.94. The topological polar surface area (TPSA) is 85.4 Å².